The number of benzene rings is 2. The third-order valence-corrected chi connectivity index (χ3v) is 8.32. The Morgan fingerprint density at radius 3 is 2.11 bits per heavy atom. The second kappa shape index (κ2) is 10.7. The van der Waals surface area contributed by atoms with Gasteiger partial charge >= 0.3 is 5.97 Å². The third kappa shape index (κ3) is 6.46. The van der Waals surface area contributed by atoms with Gasteiger partial charge in [-0.1, -0.05) is 6.07 Å². The smallest absolute Gasteiger partial charge is 0.338 e. The highest BCUT2D eigenvalue weighted by Gasteiger charge is 2.30. The number of hydrogen-bond donors (Lipinski definition) is 2. The molecule has 14 heteroatoms. The summed E-state index contributed by atoms with van der Waals surface area (Å²) in [5.74, 6) is -1.71. The molecule has 12 nitrogen and oxygen atoms in total. The van der Waals surface area contributed by atoms with Gasteiger partial charge in [-0.15, -0.1) is 0 Å². The van der Waals surface area contributed by atoms with Gasteiger partial charge in [-0.3, -0.25) is 9.59 Å². The average Bonchev–Trinajstić information content (AvgIpc) is 2.83. The van der Waals surface area contributed by atoms with Crippen LogP contribution in [0.15, 0.2) is 58.3 Å². The largest absolute Gasteiger partial charge is 0.449 e. The number of carbonyl (C=O) groups is 3. The molecule has 0 aromatic heterocycles. The van der Waals surface area contributed by atoms with Crippen LogP contribution in [-0.2, 0) is 34.4 Å². The molecule has 1 aliphatic heterocycles. The number of piperazine rings is 1. The molecule has 0 bridgehead atoms. The summed E-state index contributed by atoms with van der Waals surface area (Å²) in [7, 11) is -7.79. The summed E-state index contributed by atoms with van der Waals surface area (Å²) in [6.07, 6.45) is -1.24. The van der Waals surface area contributed by atoms with Crippen LogP contribution in [0.4, 0.5) is 5.69 Å². The normalized spacial score (nSPS) is 15.7. The quantitative estimate of drug-likeness (QED) is 0.476. The number of esters is 1. The predicted octanol–water partition coefficient (Wildman–Crippen LogP) is 0.371. The summed E-state index contributed by atoms with van der Waals surface area (Å²) < 4.78 is 55.1. The van der Waals surface area contributed by atoms with Crippen LogP contribution < -0.4 is 10.5 Å². The molecule has 0 aliphatic carbocycles. The third-order valence-electron chi connectivity index (χ3n) is 5.49. The van der Waals surface area contributed by atoms with Crippen LogP contribution >= 0.6 is 0 Å². The highest BCUT2D eigenvalue weighted by molar-refractivity contribution is 7.89. The maximum absolute atomic E-state index is 13.0. The summed E-state index contributed by atoms with van der Waals surface area (Å²) in [5.41, 5.74) is 0.198. The van der Waals surface area contributed by atoms with Crippen molar-refractivity contribution in [2.75, 3.05) is 31.5 Å². The number of primary sulfonamides is 1. The van der Waals surface area contributed by atoms with Crippen molar-refractivity contribution in [2.24, 2.45) is 5.14 Å². The molecule has 194 valence electrons. The second-order valence-electron chi connectivity index (χ2n) is 8.04. The molecular formula is C22H26N4O8S2. The van der Waals surface area contributed by atoms with Crippen LogP contribution in [0.2, 0.25) is 0 Å². The molecule has 1 aliphatic rings. The van der Waals surface area contributed by atoms with Gasteiger partial charge < -0.3 is 15.0 Å². The topological polar surface area (TPSA) is 173 Å². The van der Waals surface area contributed by atoms with E-state index in [1.54, 1.807) is 4.90 Å². The van der Waals surface area contributed by atoms with Crippen molar-refractivity contribution in [3.63, 3.8) is 0 Å². The molecule has 2 amide bonds. The second-order valence-corrected chi connectivity index (χ2v) is 11.5. The zero-order chi connectivity index (χ0) is 26.7. The molecule has 36 heavy (non-hydrogen) atoms. The molecule has 0 radical (unpaired) electrons. The minimum atomic E-state index is -3.91. The number of rotatable bonds is 7. The van der Waals surface area contributed by atoms with Gasteiger partial charge in [-0.25, -0.2) is 26.8 Å². The maximum atomic E-state index is 13.0. The maximum Gasteiger partial charge on any atom is 0.338 e. The predicted molar refractivity (Wildman–Crippen MR) is 129 cm³/mol. The van der Waals surface area contributed by atoms with Crippen LogP contribution in [-0.4, -0.2) is 76.1 Å². The number of sulfonamides is 2. The monoisotopic (exact) mass is 538 g/mol. The van der Waals surface area contributed by atoms with Crippen molar-refractivity contribution < 1.29 is 36.0 Å². The lowest BCUT2D eigenvalue weighted by Gasteiger charge is -2.33. The summed E-state index contributed by atoms with van der Waals surface area (Å²) in [6.45, 7) is 3.56. The fraction of sp³-hybridized carbons (Fsp3) is 0.318. The number of nitrogens with zero attached hydrogens (tertiary/aromatic N) is 2. The van der Waals surface area contributed by atoms with Gasteiger partial charge in [0.2, 0.25) is 26.0 Å². The molecule has 1 atom stereocenters. The lowest BCUT2D eigenvalue weighted by molar-refractivity contribution is -0.130. The van der Waals surface area contributed by atoms with Crippen molar-refractivity contribution in [1.82, 2.24) is 9.21 Å². The van der Waals surface area contributed by atoms with Crippen molar-refractivity contribution in [2.45, 2.75) is 29.7 Å². The van der Waals surface area contributed by atoms with Gasteiger partial charge in [0.1, 0.15) is 0 Å². The fourth-order valence-corrected chi connectivity index (χ4v) is 5.41. The lowest BCUT2D eigenvalue weighted by atomic mass is 10.2. The molecule has 1 heterocycles. The van der Waals surface area contributed by atoms with Crippen molar-refractivity contribution >= 4 is 43.5 Å². The molecule has 1 fully saturated rings. The Morgan fingerprint density at radius 1 is 0.944 bits per heavy atom. The summed E-state index contributed by atoms with van der Waals surface area (Å²) in [5, 5.41) is 7.52. The first-order valence-corrected chi connectivity index (χ1v) is 13.8. The van der Waals surface area contributed by atoms with Crippen molar-refractivity contribution in [3.8, 4) is 0 Å². The SMILES string of the molecule is CC(=O)N1CCN(S(=O)(=O)c2cccc(C(=O)OC(C)C(=O)Nc3ccc(S(N)(=O)=O)cc3)c2)CC1. The average molecular weight is 539 g/mol. The van der Waals surface area contributed by atoms with Gasteiger partial charge in [0, 0.05) is 38.8 Å². The van der Waals surface area contributed by atoms with E-state index < -0.39 is 38.0 Å². The first-order chi connectivity index (χ1) is 16.8. The van der Waals surface area contributed by atoms with Crippen molar-refractivity contribution in [3.05, 3.63) is 54.1 Å². The number of anilines is 1. The molecule has 3 N–H and O–H groups in total. The number of ether oxygens (including phenoxy) is 1. The van der Waals surface area contributed by atoms with Gasteiger partial charge in [-0.2, -0.15) is 4.31 Å². The van der Waals surface area contributed by atoms with Crippen LogP contribution in [0, 0.1) is 0 Å². The van der Waals surface area contributed by atoms with Crippen LogP contribution in [0.3, 0.4) is 0 Å². The van der Waals surface area contributed by atoms with E-state index in [2.05, 4.69) is 5.32 Å². The van der Waals surface area contributed by atoms with Crippen LogP contribution in [0.5, 0.6) is 0 Å². The molecular weight excluding hydrogens is 512 g/mol. The van der Waals surface area contributed by atoms with E-state index in [4.69, 9.17) is 9.88 Å². The summed E-state index contributed by atoms with van der Waals surface area (Å²) >= 11 is 0. The van der Waals surface area contributed by atoms with Crippen LogP contribution in [0.25, 0.3) is 0 Å². The van der Waals surface area contributed by atoms with Crippen molar-refractivity contribution in [1.29, 1.82) is 0 Å². The van der Waals surface area contributed by atoms with E-state index >= 15 is 0 Å². The Labute approximate surface area is 209 Å². The Bertz CT molecular complexity index is 1370. The Balaban J connectivity index is 1.64. The number of carbonyl (C=O) groups excluding carboxylic acids is 3. The standard InChI is InChI=1S/C22H26N4O8S2/c1-15(21(28)24-18-6-8-19(9-7-18)35(23,30)31)34-22(29)17-4-3-5-20(14-17)36(32,33)26-12-10-25(11-13-26)16(2)27/h3-9,14-15H,10-13H2,1-2H3,(H,24,28)(H2,23,30,31). The van der Waals surface area contributed by atoms with E-state index in [-0.39, 0.29) is 53.1 Å². The highest BCUT2D eigenvalue weighted by Crippen LogP contribution is 2.20. The van der Waals surface area contributed by atoms with Gasteiger partial charge in [0.15, 0.2) is 6.10 Å². The Kier molecular flexibility index (Phi) is 8.13. The number of nitrogens with two attached hydrogens (primary N) is 1. The number of nitrogens with one attached hydrogen (secondary N) is 1. The van der Waals surface area contributed by atoms with Crippen LogP contribution in [0.1, 0.15) is 24.2 Å². The fourth-order valence-electron chi connectivity index (χ4n) is 3.43. The zero-order valence-corrected chi connectivity index (χ0v) is 21.2. The molecule has 0 saturated carbocycles. The molecule has 2 aromatic carbocycles. The molecule has 2 aromatic rings. The Morgan fingerprint density at radius 2 is 1.56 bits per heavy atom. The molecule has 1 unspecified atom stereocenters. The van der Waals surface area contributed by atoms with E-state index in [1.165, 1.54) is 66.7 Å². The minimum Gasteiger partial charge on any atom is -0.449 e. The minimum absolute atomic E-state index is 0.0596. The highest BCUT2D eigenvalue weighted by atomic mass is 32.2. The van der Waals surface area contributed by atoms with E-state index in [0.29, 0.717) is 0 Å². The lowest BCUT2D eigenvalue weighted by Crippen LogP contribution is -2.49. The van der Waals surface area contributed by atoms with Gasteiger partial charge in [0.05, 0.1) is 15.4 Å². The zero-order valence-electron chi connectivity index (χ0n) is 19.6. The summed E-state index contributed by atoms with van der Waals surface area (Å²) in [4.78, 5) is 37.8. The first-order valence-electron chi connectivity index (χ1n) is 10.8. The number of hydrogen-bond acceptors (Lipinski definition) is 8. The van der Waals surface area contributed by atoms with E-state index in [1.807, 2.05) is 0 Å². The first kappa shape index (κ1) is 27.3. The molecule has 1 saturated heterocycles. The number of amides is 2. The van der Waals surface area contributed by atoms with Gasteiger partial charge in [0.25, 0.3) is 5.91 Å². The molecule has 0 spiro atoms. The Hall–Kier alpha value is -3.33. The van der Waals surface area contributed by atoms with E-state index in [9.17, 15) is 31.2 Å². The molecule has 3 rings (SSSR count). The van der Waals surface area contributed by atoms with Gasteiger partial charge in [-0.05, 0) is 49.4 Å². The van der Waals surface area contributed by atoms with E-state index in [0.717, 1.165) is 0 Å². The summed E-state index contributed by atoms with van der Waals surface area (Å²) in [6, 6.07) is 10.4.